The van der Waals surface area contributed by atoms with E-state index in [4.69, 9.17) is 16.3 Å². The lowest BCUT2D eigenvalue weighted by Gasteiger charge is -2.22. The van der Waals surface area contributed by atoms with E-state index in [9.17, 15) is 4.79 Å². The molecule has 0 aliphatic heterocycles. The lowest BCUT2D eigenvalue weighted by Crippen LogP contribution is -2.36. The number of alkyl halides is 1. The molecule has 0 bridgehead atoms. The third-order valence-corrected chi connectivity index (χ3v) is 2.30. The molecule has 0 radical (unpaired) electrons. The summed E-state index contributed by atoms with van der Waals surface area (Å²) in [6, 6.07) is 0. The molecule has 0 aliphatic carbocycles. The maximum atomic E-state index is 11.5. The highest BCUT2D eigenvalue weighted by Gasteiger charge is 2.18. The molecule has 1 N–H and O–H groups in total. The lowest BCUT2D eigenvalue weighted by atomic mass is 9.90. The Kier molecular flexibility index (Phi) is 6.49. The number of nitrogens with one attached hydrogen (secondary N) is 1. The molecular weight excluding hydrogens is 238 g/mol. The molecule has 102 valence electrons. The summed E-state index contributed by atoms with van der Waals surface area (Å²) in [5.41, 5.74) is -0.109. The van der Waals surface area contributed by atoms with Crippen LogP contribution in [0.15, 0.2) is 0 Å². The van der Waals surface area contributed by atoms with E-state index in [2.05, 4.69) is 26.1 Å². The Morgan fingerprint density at radius 3 is 2.18 bits per heavy atom. The first kappa shape index (κ1) is 16.7. The molecule has 4 heteroatoms. The maximum Gasteiger partial charge on any atom is 0.246 e. The van der Waals surface area contributed by atoms with Crippen LogP contribution in [0, 0.1) is 5.41 Å². The summed E-state index contributed by atoms with van der Waals surface area (Å²) in [6.07, 6.45) is 0.870. The molecule has 0 aromatic carbocycles. The van der Waals surface area contributed by atoms with Crippen LogP contribution < -0.4 is 5.32 Å². The monoisotopic (exact) mass is 263 g/mol. The van der Waals surface area contributed by atoms with Crippen molar-refractivity contribution in [3.8, 4) is 0 Å². The molecule has 0 aromatic heterocycles. The SMILES string of the molecule is CC(C)(C)CC(Cl)CNC(=O)COC(C)(C)C. The first-order chi connectivity index (χ1) is 7.49. The lowest BCUT2D eigenvalue weighted by molar-refractivity contribution is -0.130. The van der Waals surface area contributed by atoms with Crippen molar-refractivity contribution in [2.45, 2.75) is 58.9 Å². The normalized spacial score (nSPS) is 14.5. The van der Waals surface area contributed by atoms with Crippen molar-refractivity contribution in [1.82, 2.24) is 5.32 Å². The molecule has 0 aliphatic rings. The molecule has 1 atom stereocenters. The number of ether oxygens (including phenoxy) is 1. The van der Waals surface area contributed by atoms with Gasteiger partial charge in [0.25, 0.3) is 0 Å². The molecule has 0 saturated heterocycles. The van der Waals surface area contributed by atoms with Crippen molar-refractivity contribution in [3.63, 3.8) is 0 Å². The quantitative estimate of drug-likeness (QED) is 0.775. The Hall–Kier alpha value is -0.280. The van der Waals surface area contributed by atoms with Crippen molar-refractivity contribution in [2.24, 2.45) is 5.41 Å². The minimum atomic E-state index is -0.289. The van der Waals surface area contributed by atoms with Gasteiger partial charge in [0.2, 0.25) is 5.91 Å². The van der Waals surface area contributed by atoms with Gasteiger partial charge in [-0.05, 0) is 32.6 Å². The summed E-state index contributed by atoms with van der Waals surface area (Å²) in [4.78, 5) is 11.5. The van der Waals surface area contributed by atoms with Gasteiger partial charge in [-0.25, -0.2) is 0 Å². The van der Waals surface area contributed by atoms with Crippen LogP contribution >= 0.6 is 11.6 Å². The molecule has 0 fully saturated rings. The third-order valence-electron chi connectivity index (χ3n) is 1.99. The van der Waals surface area contributed by atoms with Crippen molar-refractivity contribution < 1.29 is 9.53 Å². The van der Waals surface area contributed by atoms with Gasteiger partial charge in [0.05, 0.1) is 11.0 Å². The molecule has 17 heavy (non-hydrogen) atoms. The van der Waals surface area contributed by atoms with Crippen LogP contribution in [0.25, 0.3) is 0 Å². The Morgan fingerprint density at radius 2 is 1.76 bits per heavy atom. The molecule has 1 amide bonds. The van der Waals surface area contributed by atoms with Gasteiger partial charge in [-0.2, -0.15) is 0 Å². The Labute approximate surface area is 110 Å². The van der Waals surface area contributed by atoms with Crippen LogP contribution in [0.4, 0.5) is 0 Å². The van der Waals surface area contributed by atoms with Gasteiger partial charge in [0.15, 0.2) is 0 Å². The Bertz CT molecular complexity index is 241. The van der Waals surface area contributed by atoms with E-state index in [0.717, 1.165) is 6.42 Å². The average Bonchev–Trinajstić information content (AvgIpc) is 2.07. The second kappa shape index (κ2) is 6.60. The van der Waals surface area contributed by atoms with E-state index in [1.54, 1.807) is 0 Å². The second-order valence-electron chi connectivity index (χ2n) is 6.57. The van der Waals surface area contributed by atoms with Crippen LogP contribution in [0.1, 0.15) is 48.0 Å². The zero-order valence-corrected chi connectivity index (χ0v) is 12.6. The number of rotatable bonds is 5. The van der Waals surface area contributed by atoms with E-state index in [0.29, 0.717) is 6.54 Å². The molecular formula is C13H26ClNO2. The molecule has 1 unspecified atom stereocenters. The van der Waals surface area contributed by atoms with Gasteiger partial charge in [0.1, 0.15) is 6.61 Å². The summed E-state index contributed by atoms with van der Waals surface area (Å²) in [6.45, 7) is 12.7. The van der Waals surface area contributed by atoms with Crippen LogP contribution in [0.5, 0.6) is 0 Å². The number of hydrogen-bond donors (Lipinski definition) is 1. The molecule has 0 spiro atoms. The van der Waals surface area contributed by atoms with Gasteiger partial charge in [-0.1, -0.05) is 20.8 Å². The standard InChI is InChI=1S/C13H26ClNO2/c1-12(2,3)7-10(14)8-15-11(16)9-17-13(4,5)6/h10H,7-9H2,1-6H3,(H,15,16). The predicted octanol–water partition coefficient (Wildman–Crippen LogP) is 2.96. The van der Waals surface area contributed by atoms with Crippen molar-refractivity contribution >= 4 is 17.5 Å². The Morgan fingerprint density at radius 1 is 1.24 bits per heavy atom. The minimum absolute atomic E-state index is 0.0337. The number of halogens is 1. The summed E-state index contributed by atoms with van der Waals surface area (Å²) in [5.74, 6) is -0.112. The van der Waals surface area contributed by atoms with Gasteiger partial charge < -0.3 is 10.1 Å². The minimum Gasteiger partial charge on any atom is -0.366 e. The first-order valence-corrected chi connectivity index (χ1v) is 6.48. The fraction of sp³-hybridized carbons (Fsp3) is 0.923. The smallest absolute Gasteiger partial charge is 0.246 e. The Balaban J connectivity index is 3.78. The van der Waals surface area contributed by atoms with E-state index in [-0.39, 0.29) is 28.9 Å². The van der Waals surface area contributed by atoms with Crippen molar-refractivity contribution in [2.75, 3.05) is 13.2 Å². The maximum absolute atomic E-state index is 11.5. The molecule has 0 saturated carbocycles. The van der Waals surface area contributed by atoms with Crippen LogP contribution in [0.2, 0.25) is 0 Å². The number of hydrogen-bond acceptors (Lipinski definition) is 2. The highest BCUT2D eigenvalue weighted by atomic mass is 35.5. The number of carbonyl (C=O) groups excluding carboxylic acids is 1. The van der Waals surface area contributed by atoms with Gasteiger partial charge in [-0.3, -0.25) is 4.79 Å². The largest absolute Gasteiger partial charge is 0.366 e. The van der Waals surface area contributed by atoms with Crippen molar-refractivity contribution in [1.29, 1.82) is 0 Å². The molecule has 3 nitrogen and oxygen atoms in total. The fourth-order valence-electron chi connectivity index (χ4n) is 1.29. The summed E-state index contributed by atoms with van der Waals surface area (Å²) in [7, 11) is 0. The fourth-order valence-corrected chi connectivity index (χ4v) is 1.83. The predicted molar refractivity (Wildman–Crippen MR) is 72.4 cm³/mol. The van der Waals surface area contributed by atoms with Gasteiger partial charge in [-0.15, -0.1) is 11.6 Å². The highest BCUT2D eigenvalue weighted by molar-refractivity contribution is 6.20. The third kappa shape index (κ3) is 12.0. The van der Waals surface area contributed by atoms with E-state index < -0.39 is 0 Å². The summed E-state index contributed by atoms with van der Waals surface area (Å²) in [5, 5.41) is 2.75. The molecule has 0 heterocycles. The van der Waals surface area contributed by atoms with Crippen LogP contribution in [-0.4, -0.2) is 30.0 Å². The zero-order valence-electron chi connectivity index (χ0n) is 11.9. The van der Waals surface area contributed by atoms with Crippen LogP contribution in [0.3, 0.4) is 0 Å². The first-order valence-electron chi connectivity index (χ1n) is 6.04. The van der Waals surface area contributed by atoms with E-state index in [1.165, 1.54) is 0 Å². The summed E-state index contributed by atoms with van der Waals surface area (Å²) >= 11 is 6.14. The van der Waals surface area contributed by atoms with Crippen molar-refractivity contribution in [3.05, 3.63) is 0 Å². The van der Waals surface area contributed by atoms with E-state index in [1.807, 2.05) is 20.8 Å². The highest BCUT2D eigenvalue weighted by Crippen LogP contribution is 2.23. The van der Waals surface area contributed by atoms with Gasteiger partial charge >= 0.3 is 0 Å². The number of amides is 1. The van der Waals surface area contributed by atoms with Crippen LogP contribution in [-0.2, 0) is 9.53 Å². The topological polar surface area (TPSA) is 38.3 Å². The second-order valence-corrected chi connectivity index (χ2v) is 7.18. The zero-order chi connectivity index (χ0) is 13.7. The summed E-state index contributed by atoms with van der Waals surface area (Å²) < 4.78 is 5.37. The average molecular weight is 264 g/mol. The van der Waals surface area contributed by atoms with E-state index >= 15 is 0 Å². The molecule has 0 aromatic rings. The number of carbonyl (C=O) groups is 1. The molecule has 0 rings (SSSR count). The van der Waals surface area contributed by atoms with Gasteiger partial charge in [0, 0.05) is 6.54 Å².